The maximum atomic E-state index is 14.3. The van der Waals surface area contributed by atoms with E-state index in [2.05, 4.69) is 4.90 Å². The number of piperidine rings is 1. The molecule has 3 saturated heterocycles. The van der Waals surface area contributed by atoms with Gasteiger partial charge in [-0.1, -0.05) is 53.4 Å². The third-order valence-electron chi connectivity index (χ3n) is 7.90. The summed E-state index contributed by atoms with van der Waals surface area (Å²) < 4.78 is 16.1. The summed E-state index contributed by atoms with van der Waals surface area (Å²) in [7, 11) is -1.69. The van der Waals surface area contributed by atoms with Gasteiger partial charge in [0.05, 0.1) is 16.5 Å². The van der Waals surface area contributed by atoms with Gasteiger partial charge in [0.15, 0.2) is 0 Å². The molecule has 3 fully saturated rings. The van der Waals surface area contributed by atoms with Gasteiger partial charge in [-0.15, -0.1) is 0 Å². The Kier molecular flexibility index (Phi) is 8.91. The molecular weight excluding hydrogens is 579 g/mol. The fraction of sp³-hybridized carbons (Fsp3) is 0.500. The number of amides is 2. The number of halogens is 3. The van der Waals surface area contributed by atoms with Gasteiger partial charge in [0.25, 0.3) is 0 Å². The highest BCUT2D eigenvalue weighted by Crippen LogP contribution is 2.35. The molecule has 0 spiro atoms. The number of carbonyl (C=O) groups is 2. The van der Waals surface area contributed by atoms with Crippen LogP contribution in [-0.4, -0.2) is 85.5 Å². The maximum absolute atomic E-state index is 14.3. The van der Waals surface area contributed by atoms with Crippen molar-refractivity contribution in [1.82, 2.24) is 19.0 Å². The molecule has 39 heavy (non-hydrogen) atoms. The van der Waals surface area contributed by atoms with Crippen LogP contribution in [0.25, 0.3) is 0 Å². The normalized spacial score (nSPS) is 25.7. The second-order valence-electron chi connectivity index (χ2n) is 10.7. The summed E-state index contributed by atoms with van der Waals surface area (Å²) in [5.74, 6) is -0.174. The highest BCUT2D eigenvalue weighted by atomic mass is 35.5. The second kappa shape index (κ2) is 12.0. The summed E-state index contributed by atoms with van der Waals surface area (Å²) >= 11 is 18.8. The van der Waals surface area contributed by atoms with E-state index in [4.69, 9.17) is 34.8 Å². The van der Waals surface area contributed by atoms with E-state index in [9.17, 15) is 13.8 Å². The molecule has 2 aromatic carbocycles. The second-order valence-corrected chi connectivity index (χ2v) is 13.4. The summed E-state index contributed by atoms with van der Waals surface area (Å²) in [5.41, 5.74) is 0.906. The van der Waals surface area contributed by atoms with Crippen molar-refractivity contribution in [2.45, 2.75) is 68.7 Å². The van der Waals surface area contributed by atoms with E-state index in [0.717, 1.165) is 37.9 Å². The van der Waals surface area contributed by atoms with Crippen LogP contribution in [0.1, 0.15) is 38.7 Å². The van der Waals surface area contributed by atoms with Gasteiger partial charge in [-0.2, -0.15) is 4.31 Å². The van der Waals surface area contributed by atoms with Gasteiger partial charge < -0.3 is 9.80 Å². The quantitative estimate of drug-likeness (QED) is 0.468. The molecule has 3 aliphatic rings. The number of benzene rings is 2. The van der Waals surface area contributed by atoms with Crippen molar-refractivity contribution in [1.29, 1.82) is 0 Å². The third kappa shape index (κ3) is 5.88. The fourth-order valence-corrected chi connectivity index (χ4v) is 7.92. The Labute approximate surface area is 247 Å². The van der Waals surface area contributed by atoms with Crippen molar-refractivity contribution in [2.24, 2.45) is 0 Å². The minimum atomic E-state index is -1.69. The van der Waals surface area contributed by atoms with Crippen LogP contribution < -0.4 is 0 Å². The Hall–Kier alpha value is -1.68. The SMILES string of the molecule is CC(C)N1CC2N(C(=O)C(N3CCCCC3)CN2S(=O)c2ccc(Cl)cc2Cl)C(Cc2ccc(Cl)cc2)C1=O. The van der Waals surface area contributed by atoms with E-state index < -0.39 is 29.2 Å². The first-order chi connectivity index (χ1) is 18.7. The first kappa shape index (κ1) is 28.8. The largest absolute Gasteiger partial charge is 0.335 e. The van der Waals surface area contributed by atoms with Gasteiger partial charge >= 0.3 is 0 Å². The predicted octanol–water partition coefficient (Wildman–Crippen LogP) is 4.86. The highest BCUT2D eigenvalue weighted by Gasteiger charge is 2.53. The minimum absolute atomic E-state index is 0.0759. The van der Waals surface area contributed by atoms with Crippen molar-refractivity contribution in [3.05, 3.63) is 63.1 Å². The number of likely N-dealkylation sites (tertiary alicyclic amines) is 1. The average molecular weight is 612 g/mol. The lowest BCUT2D eigenvalue weighted by molar-refractivity contribution is -0.172. The molecule has 0 aromatic heterocycles. The Morgan fingerprint density at radius 3 is 2.21 bits per heavy atom. The lowest BCUT2D eigenvalue weighted by Crippen LogP contribution is -2.76. The summed E-state index contributed by atoms with van der Waals surface area (Å²) in [6.07, 6.45) is 2.92. The lowest BCUT2D eigenvalue weighted by Gasteiger charge is -2.55. The van der Waals surface area contributed by atoms with Gasteiger partial charge in [-0.3, -0.25) is 14.5 Å². The zero-order valence-corrected chi connectivity index (χ0v) is 25.1. The van der Waals surface area contributed by atoms with Crippen molar-refractivity contribution in [3.8, 4) is 0 Å². The lowest BCUT2D eigenvalue weighted by atomic mass is 9.95. The van der Waals surface area contributed by atoms with Crippen LogP contribution in [0.4, 0.5) is 0 Å². The smallest absolute Gasteiger partial charge is 0.246 e. The third-order valence-corrected chi connectivity index (χ3v) is 10.4. The first-order valence-electron chi connectivity index (χ1n) is 13.4. The molecular formula is C28H33Cl3N4O3S. The van der Waals surface area contributed by atoms with Crippen LogP contribution in [0, 0.1) is 0 Å². The van der Waals surface area contributed by atoms with Crippen molar-refractivity contribution >= 4 is 57.6 Å². The van der Waals surface area contributed by atoms with Crippen LogP contribution in [0.2, 0.25) is 15.1 Å². The molecule has 0 bridgehead atoms. The standard InChI is InChI=1S/C28H33Cl3N4O3S/c1-18(2)33-17-26-34(39(38)25-11-10-21(30)15-22(25)31)16-24(32-12-4-3-5-13-32)28(37)35(26)23(27(33)36)14-19-6-8-20(29)9-7-19/h6-11,15,18,23-24,26H,3-5,12-14,16-17H2,1-2H3. The topological polar surface area (TPSA) is 64.2 Å². The monoisotopic (exact) mass is 610 g/mol. The van der Waals surface area contributed by atoms with Crippen LogP contribution in [0.15, 0.2) is 47.4 Å². The number of carbonyl (C=O) groups excluding carboxylic acids is 2. The van der Waals surface area contributed by atoms with Gasteiger partial charge in [0.2, 0.25) is 11.8 Å². The number of nitrogens with zero attached hydrogens (tertiary/aromatic N) is 4. The summed E-state index contributed by atoms with van der Waals surface area (Å²) in [4.78, 5) is 34.3. The molecule has 3 heterocycles. The van der Waals surface area contributed by atoms with Gasteiger partial charge in [-0.25, -0.2) is 4.21 Å². The Morgan fingerprint density at radius 2 is 1.56 bits per heavy atom. The number of hydrogen-bond donors (Lipinski definition) is 0. The average Bonchev–Trinajstić information content (AvgIpc) is 2.91. The molecule has 0 saturated carbocycles. The predicted molar refractivity (Wildman–Crippen MR) is 155 cm³/mol. The molecule has 0 aliphatic carbocycles. The van der Waals surface area contributed by atoms with E-state index in [1.807, 2.05) is 30.3 Å². The molecule has 2 amide bonds. The summed E-state index contributed by atoms with van der Waals surface area (Å²) in [6, 6.07) is 11.0. The zero-order chi connectivity index (χ0) is 27.8. The van der Waals surface area contributed by atoms with Crippen molar-refractivity contribution in [2.75, 3.05) is 26.2 Å². The maximum Gasteiger partial charge on any atom is 0.246 e. The molecule has 3 aliphatic heterocycles. The molecule has 5 rings (SSSR count). The molecule has 2 aromatic rings. The molecule has 0 radical (unpaired) electrons. The number of piperazine rings is 1. The number of rotatable bonds is 6. The highest BCUT2D eigenvalue weighted by molar-refractivity contribution is 7.82. The van der Waals surface area contributed by atoms with Crippen molar-refractivity contribution < 1.29 is 13.8 Å². The van der Waals surface area contributed by atoms with Crippen molar-refractivity contribution in [3.63, 3.8) is 0 Å². The molecule has 11 heteroatoms. The van der Waals surface area contributed by atoms with Crippen LogP contribution >= 0.6 is 34.8 Å². The van der Waals surface area contributed by atoms with E-state index >= 15 is 0 Å². The molecule has 4 unspecified atom stereocenters. The summed E-state index contributed by atoms with van der Waals surface area (Å²) in [6.45, 7) is 6.08. The minimum Gasteiger partial charge on any atom is -0.335 e. The van der Waals surface area contributed by atoms with Gasteiger partial charge in [-0.05, 0) is 75.7 Å². The van der Waals surface area contributed by atoms with E-state index in [1.54, 1.807) is 40.1 Å². The van der Waals surface area contributed by atoms with Gasteiger partial charge in [0, 0.05) is 29.1 Å². The number of fused-ring (bicyclic) bond motifs is 1. The number of hydrogen-bond acceptors (Lipinski definition) is 4. The van der Waals surface area contributed by atoms with Crippen LogP contribution in [-0.2, 0) is 27.0 Å². The van der Waals surface area contributed by atoms with E-state index in [0.29, 0.717) is 32.9 Å². The summed E-state index contributed by atoms with van der Waals surface area (Å²) in [5, 5.41) is 1.37. The molecule has 0 N–H and O–H groups in total. The van der Waals surface area contributed by atoms with Crippen LogP contribution in [0.5, 0.6) is 0 Å². The van der Waals surface area contributed by atoms with E-state index in [1.165, 1.54) is 0 Å². The first-order valence-corrected chi connectivity index (χ1v) is 15.6. The van der Waals surface area contributed by atoms with Crippen LogP contribution in [0.3, 0.4) is 0 Å². The molecule has 4 atom stereocenters. The van der Waals surface area contributed by atoms with Gasteiger partial charge in [0.1, 0.15) is 29.2 Å². The zero-order valence-electron chi connectivity index (χ0n) is 22.1. The Balaban J connectivity index is 1.58. The molecule has 210 valence electrons. The Morgan fingerprint density at radius 1 is 0.897 bits per heavy atom. The fourth-order valence-electron chi connectivity index (χ4n) is 5.86. The Bertz CT molecular complexity index is 1260. The molecule has 7 nitrogen and oxygen atoms in total. The van der Waals surface area contributed by atoms with E-state index in [-0.39, 0.29) is 24.4 Å².